The molecule has 0 spiro atoms. The predicted molar refractivity (Wildman–Crippen MR) is 202 cm³/mol. The molecule has 24 heteroatoms. The molecule has 60 heavy (non-hydrogen) atoms. The van der Waals surface area contributed by atoms with Crippen molar-refractivity contribution in [2.24, 2.45) is 30.7 Å². The van der Waals surface area contributed by atoms with Crippen LogP contribution in [0.15, 0.2) is 155 Å². The van der Waals surface area contributed by atoms with Gasteiger partial charge in [0.1, 0.15) is 36.6 Å². The summed E-state index contributed by atoms with van der Waals surface area (Å²) in [6.45, 7) is 1.69. The van der Waals surface area contributed by atoms with Crippen molar-refractivity contribution < 1.29 is 137 Å². The van der Waals surface area contributed by atoms with Crippen LogP contribution in [-0.4, -0.2) is 46.0 Å². The average molecular weight is 898 g/mol. The first kappa shape index (κ1) is 50.9. The van der Waals surface area contributed by atoms with Gasteiger partial charge in [0.25, 0.3) is 10.1 Å². The van der Waals surface area contributed by atoms with Crippen LogP contribution >= 0.6 is 0 Å². The summed E-state index contributed by atoms with van der Waals surface area (Å²) in [7, 11) is -12.9. The van der Waals surface area contributed by atoms with Gasteiger partial charge < -0.3 is 24.3 Å². The molecule has 0 fully saturated rings. The standard InChI is InChI=1S/C36H29N7O11S3.3Na/c1-21-15-26(11-13-31(21)41-42-32-14-12-27(20-33(32)54-2)39-38-25-6-4-8-29(18-25)56(48,49)50)40-43-35-34(57(51,52)53)16-22-9-10-24(19-30(22)36(35)44)37-23-5-3-7-28(17-23)55(45,46)47;;;/h3-20,37,44H,1-2H3,(H,45,46,47)(H,48,49,50)(H,51,52,53);;;/q;3*+1/p-3. The van der Waals surface area contributed by atoms with E-state index in [9.17, 15) is 44.0 Å². The van der Waals surface area contributed by atoms with E-state index in [1.54, 1.807) is 31.2 Å². The molecule has 292 valence electrons. The molecule has 0 aliphatic heterocycles. The van der Waals surface area contributed by atoms with E-state index in [0.717, 1.165) is 30.3 Å². The van der Waals surface area contributed by atoms with Crippen LogP contribution in [0.3, 0.4) is 0 Å². The number of anilines is 2. The molecular formula is C36H26N7Na3O11S3. The van der Waals surface area contributed by atoms with Crippen LogP contribution in [0, 0.1) is 6.92 Å². The molecule has 0 aromatic heterocycles. The molecule has 0 radical (unpaired) electrons. The SMILES string of the molecule is COc1cc(N=Nc2cccc(S(=O)(=O)[O-])c2)ccc1N=Nc1ccc(N=Nc2c(S(=O)(=O)O)cc3ccc(Nc4cccc(S(=O)(=O)[O-])c4)cc3c2[O-])cc1C.[Na+].[Na+].[Na+]. The fourth-order valence-corrected chi connectivity index (χ4v) is 6.93. The Labute approximate surface area is 410 Å². The van der Waals surface area contributed by atoms with Gasteiger partial charge >= 0.3 is 88.7 Å². The number of azo groups is 3. The smallest absolute Gasteiger partial charge is 0.871 e. The Morgan fingerprint density at radius 3 is 1.77 bits per heavy atom. The summed E-state index contributed by atoms with van der Waals surface area (Å²) in [5.74, 6) is -0.602. The minimum Gasteiger partial charge on any atom is -0.871 e. The second kappa shape index (κ2) is 21.1. The second-order valence-electron chi connectivity index (χ2n) is 11.9. The third-order valence-corrected chi connectivity index (χ3v) is 10.5. The normalized spacial score (nSPS) is 11.9. The molecule has 0 aliphatic rings. The maximum Gasteiger partial charge on any atom is 1.00 e. The first-order valence-electron chi connectivity index (χ1n) is 16.1. The maximum absolute atomic E-state index is 13.6. The number of nitrogens with zero attached hydrogens (tertiary/aromatic N) is 6. The number of fused-ring (bicyclic) bond motifs is 1. The molecule has 18 nitrogen and oxygen atoms in total. The summed E-state index contributed by atoms with van der Waals surface area (Å²) >= 11 is 0. The van der Waals surface area contributed by atoms with E-state index in [-0.39, 0.29) is 122 Å². The third-order valence-electron chi connectivity index (χ3n) is 7.98. The van der Waals surface area contributed by atoms with Gasteiger partial charge in [-0.05, 0) is 108 Å². The summed E-state index contributed by atoms with van der Waals surface area (Å²) < 4.78 is 108. The maximum atomic E-state index is 13.6. The molecule has 0 aliphatic carbocycles. The first-order valence-corrected chi connectivity index (χ1v) is 20.3. The minimum absolute atomic E-state index is 0. The molecule has 0 heterocycles. The summed E-state index contributed by atoms with van der Waals surface area (Å²) in [5, 5.41) is 41.2. The van der Waals surface area contributed by atoms with Gasteiger partial charge in [0.05, 0.1) is 45.3 Å². The molecule has 0 saturated carbocycles. The van der Waals surface area contributed by atoms with Crippen molar-refractivity contribution in [2.45, 2.75) is 21.6 Å². The van der Waals surface area contributed by atoms with E-state index in [4.69, 9.17) is 4.74 Å². The number of benzene rings is 6. The van der Waals surface area contributed by atoms with Gasteiger partial charge in [-0.3, -0.25) is 4.55 Å². The number of rotatable bonds is 12. The van der Waals surface area contributed by atoms with Gasteiger partial charge in [0.2, 0.25) is 0 Å². The Kier molecular flexibility index (Phi) is 17.8. The Hall–Kier alpha value is -3.49. The van der Waals surface area contributed by atoms with E-state index in [1.807, 2.05) is 0 Å². The summed E-state index contributed by atoms with van der Waals surface area (Å²) in [4.78, 5) is -1.68. The topological polar surface area (TPSA) is 287 Å². The number of ether oxygens (including phenoxy) is 1. The van der Waals surface area contributed by atoms with Crippen molar-refractivity contribution in [1.82, 2.24) is 0 Å². The van der Waals surface area contributed by atoms with Crippen LogP contribution in [0.5, 0.6) is 11.5 Å². The zero-order valence-corrected chi connectivity index (χ0v) is 40.8. The van der Waals surface area contributed by atoms with Gasteiger partial charge in [-0.25, -0.2) is 16.8 Å². The van der Waals surface area contributed by atoms with Gasteiger partial charge in [-0.2, -0.15) is 28.9 Å². The van der Waals surface area contributed by atoms with Gasteiger partial charge in [-0.1, -0.05) is 23.9 Å². The van der Waals surface area contributed by atoms with Gasteiger partial charge in [-0.15, -0.1) is 10.2 Å². The van der Waals surface area contributed by atoms with Crippen LogP contribution in [-0.2, 0) is 30.4 Å². The van der Waals surface area contributed by atoms with Crippen LogP contribution < -0.4 is 104 Å². The van der Waals surface area contributed by atoms with Crippen LogP contribution in [0.4, 0.5) is 45.5 Å². The van der Waals surface area contributed by atoms with Crippen molar-refractivity contribution in [3.05, 3.63) is 115 Å². The number of aryl methyl sites for hydroxylation is 1. The Morgan fingerprint density at radius 2 is 1.15 bits per heavy atom. The van der Waals surface area contributed by atoms with Crippen LogP contribution in [0.2, 0.25) is 0 Å². The molecule has 6 aromatic carbocycles. The number of methoxy groups -OCH3 is 1. The van der Waals surface area contributed by atoms with Crippen molar-refractivity contribution in [2.75, 3.05) is 12.4 Å². The van der Waals surface area contributed by atoms with E-state index < -0.39 is 56.5 Å². The average Bonchev–Trinajstić information content (AvgIpc) is 3.16. The van der Waals surface area contributed by atoms with Crippen LogP contribution in [0.25, 0.3) is 10.8 Å². The zero-order chi connectivity index (χ0) is 41.1. The zero-order valence-electron chi connectivity index (χ0n) is 32.3. The Balaban J connectivity index is 0.00000320. The van der Waals surface area contributed by atoms with Crippen molar-refractivity contribution in [3.63, 3.8) is 0 Å². The molecule has 2 N–H and O–H groups in total. The van der Waals surface area contributed by atoms with Gasteiger partial charge in [0.15, 0.2) is 0 Å². The van der Waals surface area contributed by atoms with Crippen molar-refractivity contribution in [1.29, 1.82) is 0 Å². The Bertz CT molecular complexity index is 3010. The third kappa shape index (κ3) is 12.8. The summed E-state index contributed by atoms with van der Waals surface area (Å²) in [6, 6.07) is 24.7. The molecular weight excluding hydrogens is 872 g/mol. The molecule has 6 rings (SSSR count). The Morgan fingerprint density at radius 1 is 0.600 bits per heavy atom. The van der Waals surface area contributed by atoms with Crippen molar-refractivity contribution >= 4 is 86.6 Å². The summed E-state index contributed by atoms with van der Waals surface area (Å²) in [6.07, 6.45) is 0. The fourth-order valence-electron chi connectivity index (χ4n) is 5.25. The van der Waals surface area contributed by atoms with Gasteiger partial charge in [0, 0.05) is 17.4 Å². The number of nitrogens with one attached hydrogen (secondary N) is 1. The molecule has 0 unspecified atom stereocenters. The first-order chi connectivity index (χ1) is 26.9. The summed E-state index contributed by atoms with van der Waals surface area (Å²) in [5.41, 5.74) is 1.80. The number of hydrogen-bond donors (Lipinski definition) is 2. The molecule has 0 amide bonds. The van der Waals surface area contributed by atoms with E-state index in [1.165, 1.54) is 61.7 Å². The fraction of sp³-hybridized carbons (Fsp3) is 0.0556. The van der Waals surface area contributed by atoms with Crippen molar-refractivity contribution in [3.8, 4) is 11.5 Å². The molecule has 0 atom stereocenters. The van der Waals surface area contributed by atoms with Crippen LogP contribution in [0.1, 0.15) is 5.56 Å². The molecule has 6 aromatic rings. The number of hydrogen-bond acceptors (Lipinski definition) is 17. The van der Waals surface area contributed by atoms with E-state index in [0.29, 0.717) is 28.3 Å². The molecule has 0 bridgehead atoms. The largest absolute Gasteiger partial charge is 1.00 e. The molecule has 0 saturated heterocycles. The minimum atomic E-state index is -4.94. The van der Waals surface area contributed by atoms with E-state index in [2.05, 4.69) is 36.0 Å². The quantitative estimate of drug-likeness (QED) is 0.0875. The second-order valence-corrected chi connectivity index (χ2v) is 16.1. The van der Waals surface area contributed by atoms with E-state index >= 15 is 0 Å². The predicted octanol–water partition coefficient (Wildman–Crippen LogP) is -0.713. The monoisotopic (exact) mass is 897 g/mol.